The van der Waals surface area contributed by atoms with E-state index in [0.29, 0.717) is 23.0 Å². The van der Waals surface area contributed by atoms with Crippen molar-refractivity contribution in [3.05, 3.63) is 53.4 Å². The summed E-state index contributed by atoms with van der Waals surface area (Å²) in [5.74, 6) is 0.339. The molecule has 0 saturated heterocycles. The lowest BCUT2D eigenvalue weighted by molar-refractivity contribution is -0.862. The van der Waals surface area contributed by atoms with Gasteiger partial charge in [0.25, 0.3) is 11.8 Å². The Labute approximate surface area is 139 Å². The van der Waals surface area contributed by atoms with Crippen LogP contribution in [-0.2, 0) is 16.1 Å². The predicted molar refractivity (Wildman–Crippen MR) is 87.3 cm³/mol. The molecule has 6 nitrogen and oxygen atoms in total. The first kappa shape index (κ1) is 17.1. The van der Waals surface area contributed by atoms with Gasteiger partial charge in [-0.15, -0.1) is 0 Å². The van der Waals surface area contributed by atoms with Crippen molar-refractivity contribution < 1.29 is 18.9 Å². The van der Waals surface area contributed by atoms with Gasteiger partial charge in [-0.05, 0) is 24.3 Å². The molecule has 2 aromatic rings. The molecule has 1 atom stereocenters. The molecule has 2 amide bonds. The van der Waals surface area contributed by atoms with Crippen LogP contribution in [0.3, 0.4) is 0 Å². The van der Waals surface area contributed by atoms with Crippen LogP contribution in [0.4, 0.5) is 5.69 Å². The highest BCUT2D eigenvalue weighted by Gasteiger charge is 2.15. The Hall–Kier alpha value is -2.31. The van der Waals surface area contributed by atoms with Crippen LogP contribution >= 0.6 is 11.6 Å². The van der Waals surface area contributed by atoms with Gasteiger partial charge < -0.3 is 20.0 Å². The lowest BCUT2D eigenvalue weighted by atomic mass is 10.3. The summed E-state index contributed by atoms with van der Waals surface area (Å²) in [6.07, 6.45) is 1.55. The third kappa shape index (κ3) is 5.77. The Balaban J connectivity index is 1.73. The van der Waals surface area contributed by atoms with Crippen LogP contribution < -0.4 is 15.5 Å². The first-order valence-electron chi connectivity index (χ1n) is 7.19. The number of halogens is 1. The SMILES string of the molecule is C[NH+](CC(=O)NCc1ccco1)CC(=O)Nc1ccccc1Cl. The van der Waals surface area contributed by atoms with E-state index in [-0.39, 0.29) is 24.9 Å². The molecule has 2 rings (SSSR count). The maximum atomic E-state index is 12.0. The van der Waals surface area contributed by atoms with Crippen LogP contribution in [0.5, 0.6) is 0 Å². The summed E-state index contributed by atoms with van der Waals surface area (Å²) >= 11 is 5.98. The number of hydrogen-bond acceptors (Lipinski definition) is 3. The molecule has 0 aliphatic rings. The van der Waals surface area contributed by atoms with Gasteiger partial charge in [0, 0.05) is 0 Å². The molecule has 1 heterocycles. The molecule has 23 heavy (non-hydrogen) atoms. The van der Waals surface area contributed by atoms with Crippen molar-refractivity contribution in [2.45, 2.75) is 6.54 Å². The van der Waals surface area contributed by atoms with Crippen molar-refractivity contribution in [2.75, 3.05) is 25.5 Å². The van der Waals surface area contributed by atoms with E-state index < -0.39 is 0 Å². The summed E-state index contributed by atoms with van der Waals surface area (Å²) < 4.78 is 5.13. The highest BCUT2D eigenvalue weighted by atomic mass is 35.5. The van der Waals surface area contributed by atoms with Crippen molar-refractivity contribution in [3.63, 3.8) is 0 Å². The summed E-state index contributed by atoms with van der Waals surface area (Å²) in [4.78, 5) is 24.5. The second-order valence-electron chi connectivity index (χ2n) is 5.19. The fourth-order valence-electron chi connectivity index (χ4n) is 2.03. The van der Waals surface area contributed by atoms with E-state index in [1.807, 2.05) is 0 Å². The average molecular weight is 337 g/mol. The number of furan rings is 1. The van der Waals surface area contributed by atoms with Crippen LogP contribution in [0.1, 0.15) is 5.76 Å². The topological polar surface area (TPSA) is 75.8 Å². The number of para-hydroxylation sites is 1. The zero-order chi connectivity index (χ0) is 16.7. The molecule has 0 radical (unpaired) electrons. The molecule has 0 aliphatic heterocycles. The van der Waals surface area contributed by atoms with Crippen LogP contribution in [0.15, 0.2) is 47.1 Å². The molecule has 0 fully saturated rings. The van der Waals surface area contributed by atoms with E-state index in [0.717, 1.165) is 4.90 Å². The summed E-state index contributed by atoms with van der Waals surface area (Å²) in [6.45, 7) is 0.695. The zero-order valence-corrected chi connectivity index (χ0v) is 13.5. The van der Waals surface area contributed by atoms with E-state index in [1.54, 1.807) is 49.7 Å². The molecule has 0 saturated carbocycles. The first-order chi connectivity index (χ1) is 11.0. The average Bonchev–Trinajstić information content (AvgIpc) is 3.00. The fourth-order valence-corrected chi connectivity index (χ4v) is 2.21. The fraction of sp³-hybridized carbons (Fsp3) is 0.250. The first-order valence-corrected chi connectivity index (χ1v) is 7.57. The highest BCUT2D eigenvalue weighted by molar-refractivity contribution is 6.33. The molecule has 1 unspecified atom stereocenters. The molecule has 122 valence electrons. The normalized spacial score (nSPS) is 11.7. The third-order valence-electron chi connectivity index (χ3n) is 3.11. The van der Waals surface area contributed by atoms with Gasteiger partial charge in [-0.25, -0.2) is 0 Å². The van der Waals surface area contributed by atoms with Gasteiger partial charge in [-0.1, -0.05) is 23.7 Å². The highest BCUT2D eigenvalue weighted by Crippen LogP contribution is 2.19. The maximum absolute atomic E-state index is 12.0. The van der Waals surface area contributed by atoms with Crippen molar-refractivity contribution in [3.8, 4) is 0 Å². The van der Waals surface area contributed by atoms with Crippen molar-refractivity contribution in [2.24, 2.45) is 0 Å². The Morgan fingerprint density at radius 3 is 2.57 bits per heavy atom. The molecular formula is C16H19ClN3O3+. The van der Waals surface area contributed by atoms with Gasteiger partial charge >= 0.3 is 0 Å². The number of carbonyl (C=O) groups is 2. The molecule has 1 aromatic carbocycles. The van der Waals surface area contributed by atoms with Crippen LogP contribution in [0, 0.1) is 0 Å². The predicted octanol–water partition coefficient (Wildman–Crippen LogP) is 0.703. The second-order valence-corrected chi connectivity index (χ2v) is 5.60. The number of carbonyl (C=O) groups excluding carboxylic acids is 2. The minimum atomic E-state index is -0.200. The van der Waals surface area contributed by atoms with Gasteiger partial charge in [0.15, 0.2) is 13.1 Å². The molecule has 0 aliphatic carbocycles. The Morgan fingerprint density at radius 1 is 1.13 bits per heavy atom. The third-order valence-corrected chi connectivity index (χ3v) is 3.44. The van der Waals surface area contributed by atoms with Crippen LogP contribution in [0.25, 0.3) is 0 Å². The summed E-state index contributed by atoms with van der Waals surface area (Å²) in [6, 6.07) is 10.6. The van der Waals surface area contributed by atoms with E-state index in [2.05, 4.69) is 10.6 Å². The minimum Gasteiger partial charge on any atom is -0.467 e. The number of anilines is 1. The Morgan fingerprint density at radius 2 is 1.87 bits per heavy atom. The maximum Gasteiger partial charge on any atom is 0.279 e. The molecule has 0 spiro atoms. The van der Waals surface area contributed by atoms with E-state index in [1.165, 1.54) is 0 Å². The van der Waals surface area contributed by atoms with Crippen molar-refractivity contribution in [1.29, 1.82) is 0 Å². The lowest BCUT2D eigenvalue weighted by Gasteiger charge is -2.14. The minimum absolute atomic E-state index is 0.149. The molecule has 3 N–H and O–H groups in total. The molecule has 0 bridgehead atoms. The lowest BCUT2D eigenvalue weighted by Crippen LogP contribution is -3.11. The van der Waals surface area contributed by atoms with Crippen LogP contribution in [0.2, 0.25) is 5.02 Å². The summed E-state index contributed by atoms with van der Waals surface area (Å²) in [7, 11) is 1.78. The Kier molecular flexibility index (Phi) is 6.19. The second kappa shape index (κ2) is 8.36. The van der Waals surface area contributed by atoms with Crippen molar-refractivity contribution >= 4 is 29.1 Å². The number of quaternary nitrogens is 1. The van der Waals surface area contributed by atoms with Gasteiger partial charge in [0.05, 0.1) is 30.6 Å². The van der Waals surface area contributed by atoms with Crippen LogP contribution in [-0.4, -0.2) is 32.0 Å². The number of rotatable bonds is 7. The van der Waals surface area contributed by atoms with E-state index in [4.69, 9.17) is 16.0 Å². The summed E-state index contributed by atoms with van der Waals surface area (Å²) in [5.41, 5.74) is 0.564. The smallest absolute Gasteiger partial charge is 0.279 e. The van der Waals surface area contributed by atoms with Crippen molar-refractivity contribution in [1.82, 2.24) is 5.32 Å². The summed E-state index contributed by atoms with van der Waals surface area (Å²) in [5, 5.41) is 5.95. The monoisotopic (exact) mass is 336 g/mol. The van der Waals surface area contributed by atoms with E-state index in [9.17, 15) is 9.59 Å². The van der Waals surface area contributed by atoms with Gasteiger partial charge in [-0.2, -0.15) is 0 Å². The van der Waals surface area contributed by atoms with Gasteiger partial charge in [0.1, 0.15) is 5.76 Å². The quantitative estimate of drug-likeness (QED) is 0.697. The van der Waals surface area contributed by atoms with Gasteiger partial charge in [-0.3, -0.25) is 9.59 Å². The number of amides is 2. The number of likely N-dealkylation sites (N-methyl/N-ethyl adjacent to an activating group) is 1. The Bertz CT molecular complexity index is 658. The largest absolute Gasteiger partial charge is 0.467 e. The van der Waals surface area contributed by atoms with E-state index >= 15 is 0 Å². The zero-order valence-electron chi connectivity index (χ0n) is 12.8. The number of hydrogen-bond donors (Lipinski definition) is 3. The number of benzene rings is 1. The number of nitrogens with one attached hydrogen (secondary N) is 3. The standard InChI is InChI=1S/C16H18ClN3O3/c1-20(10-15(21)18-9-12-5-4-8-23-12)11-16(22)19-14-7-3-2-6-13(14)17/h2-8H,9-11H2,1H3,(H,18,21)(H,19,22)/p+1. The van der Waals surface area contributed by atoms with Gasteiger partial charge in [0.2, 0.25) is 0 Å². The molecule has 7 heteroatoms. The molecular weight excluding hydrogens is 318 g/mol. The molecule has 1 aromatic heterocycles.